The quantitative estimate of drug-likeness (QED) is 0.540. The van der Waals surface area contributed by atoms with E-state index >= 15 is 0 Å². The topological polar surface area (TPSA) is 79.6 Å². The van der Waals surface area contributed by atoms with Crippen LogP contribution < -0.4 is 0 Å². The minimum atomic E-state index is -1.53. The van der Waals surface area contributed by atoms with Crippen molar-refractivity contribution in [2.24, 2.45) is 4.36 Å². The molecule has 0 aliphatic heterocycles. The van der Waals surface area contributed by atoms with Gasteiger partial charge in [0.25, 0.3) is 5.91 Å². The molecule has 1 amide bonds. The number of nitrogens with zero attached hydrogens (tertiary/aromatic N) is 2. The van der Waals surface area contributed by atoms with E-state index < -0.39 is 16.9 Å². The highest BCUT2D eigenvalue weighted by molar-refractivity contribution is 7.82. The van der Waals surface area contributed by atoms with Gasteiger partial charge >= 0.3 is 0 Å². The number of carbonyl (C=O) groups excluding carboxylic acids is 2. The number of amides is 1. The second-order valence-electron chi connectivity index (χ2n) is 5.82. The average molecular weight is 388 g/mol. The summed E-state index contributed by atoms with van der Waals surface area (Å²) in [6.45, 7) is 1.51. The van der Waals surface area contributed by atoms with E-state index in [0.29, 0.717) is 16.0 Å². The maximum Gasteiger partial charge on any atom is 0.286 e. The molecule has 1 aromatic heterocycles. The van der Waals surface area contributed by atoms with E-state index in [1.165, 1.54) is 13.1 Å². The van der Waals surface area contributed by atoms with Crippen molar-refractivity contribution >= 4 is 22.7 Å². The third kappa shape index (κ3) is 5.07. The molecule has 1 unspecified atom stereocenters. The number of hydrogen-bond donors (Lipinski definition) is 1. The lowest BCUT2D eigenvalue weighted by molar-refractivity contribution is 0.0999. The maximum atomic E-state index is 12.3. The summed E-state index contributed by atoms with van der Waals surface area (Å²) in [4.78, 5) is 28.2. The van der Waals surface area contributed by atoms with Crippen molar-refractivity contribution in [3.8, 4) is 11.8 Å². The van der Waals surface area contributed by atoms with Gasteiger partial charge in [0.05, 0.1) is 16.5 Å². The molecule has 5 nitrogen and oxygen atoms in total. The van der Waals surface area contributed by atoms with E-state index in [-0.39, 0.29) is 11.3 Å². The minimum absolute atomic E-state index is 0.00271. The van der Waals surface area contributed by atoms with E-state index in [9.17, 15) is 14.1 Å². The Hall–Kier alpha value is -3.40. The number of aromatic nitrogens is 1. The first-order valence-corrected chi connectivity index (χ1v) is 9.49. The highest BCUT2D eigenvalue weighted by Crippen LogP contribution is 2.10. The summed E-state index contributed by atoms with van der Waals surface area (Å²) < 4.78 is 13.9. The summed E-state index contributed by atoms with van der Waals surface area (Å²) in [7, 11) is -1.53. The molecule has 0 fully saturated rings. The number of benzene rings is 2. The largest absolute Gasteiger partial charge is 0.318 e. The predicted octanol–water partition coefficient (Wildman–Crippen LogP) is 4.16. The molecular formula is C22H16N2O3S. The van der Waals surface area contributed by atoms with Crippen LogP contribution in [0.2, 0.25) is 0 Å². The number of pyridine rings is 1. The standard InChI is InChI=1S/C22H16N2O3S/c1-16(25)19-11-9-17(10-12-19)7-8-18-13-20(15-23-14-18)22(26)24-28(27)21-5-3-2-4-6-21/h2-6,9-15H,1H3,(H,24,26,27). The smallest absolute Gasteiger partial charge is 0.286 e. The van der Waals surface area contributed by atoms with Crippen molar-refractivity contribution in [1.29, 1.82) is 0 Å². The average Bonchev–Trinajstić information content (AvgIpc) is 2.73. The van der Waals surface area contributed by atoms with Crippen LogP contribution in [0.25, 0.3) is 0 Å². The van der Waals surface area contributed by atoms with Crippen molar-refractivity contribution in [1.82, 2.24) is 4.98 Å². The second-order valence-corrected chi connectivity index (χ2v) is 7.00. The van der Waals surface area contributed by atoms with Gasteiger partial charge in [0.2, 0.25) is 0 Å². The van der Waals surface area contributed by atoms with Gasteiger partial charge in [-0.3, -0.25) is 14.6 Å². The second kappa shape index (κ2) is 9.00. The molecule has 138 valence electrons. The Morgan fingerprint density at radius 2 is 1.61 bits per heavy atom. The normalized spacial score (nSPS) is 11.4. The molecule has 0 saturated heterocycles. The van der Waals surface area contributed by atoms with E-state index in [0.717, 1.165) is 5.56 Å². The SMILES string of the molecule is CC(=O)c1ccc(C#Cc2cncc(C(=O)N=S(O)c3ccccc3)c2)cc1. The van der Waals surface area contributed by atoms with Gasteiger partial charge in [-0.25, -0.2) is 0 Å². The molecule has 3 rings (SSSR count). The van der Waals surface area contributed by atoms with Crippen LogP contribution in [-0.4, -0.2) is 21.2 Å². The number of ketones is 1. The molecule has 6 heteroatoms. The van der Waals surface area contributed by atoms with Crippen LogP contribution in [0.1, 0.15) is 38.8 Å². The predicted molar refractivity (Wildman–Crippen MR) is 108 cm³/mol. The maximum absolute atomic E-state index is 12.3. The Bertz CT molecular complexity index is 1110. The fourth-order valence-electron chi connectivity index (χ4n) is 2.28. The molecule has 0 aliphatic rings. The van der Waals surface area contributed by atoms with Gasteiger partial charge < -0.3 is 4.55 Å². The molecule has 28 heavy (non-hydrogen) atoms. The molecule has 0 aliphatic carbocycles. The van der Waals surface area contributed by atoms with Crippen molar-refractivity contribution in [3.05, 3.63) is 95.3 Å². The van der Waals surface area contributed by atoms with E-state index in [1.807, 2.05) is 6.07 Å². The Balaban J connectivity index is 1.79. The van der Waals surface area contributed by atoms with Gasteiger partial charge in [-0.15, -0.1) is 0 Å². The van der Waals surface area contributed by atoms with Gasteiger partial charge in [0.15, 0.2) is 5.78 Å². The number of rotatable bonds is 3. The molecule has 1 atom stereocenters. The van der Waals surface area contributed by atoms with E-state index in [4.69, 9.17) is 0 Å². The third-order valence-corrected chi connectivity index (χ3v) is 4.78. The Labute approximate surface area is 165 Å². The van der Waals surface area contributed by atoms with E-state index in [1.54, 1.807) is 60.8 Å². The summed E-state index contributed by atoms with van der Waals surface area (Å²) in [5, 5.41) is 0. The molecule has 0 spiro atoms. The van der Waals surface area contributed by atoms with Gasteiger partial charge in [0.1, 0.15) is 0 Å². The zero-order chi connectivity index (χ0) is 19.9. The Kier molecular flexibility index (Phi) is 6.22. The van der Waals surface area contributed by atoms with Gasteiger partial charge in [-0.1, -0.05) is 42.2 Å². The van der Waals surface area contributed by atoms with Gasteiger partial charge in [-0.05, 0) is 37.3 Å². The van der Waals surface area contributed by atoms with Crippen molar-refractivity contribution in [2.45, 2.75) is 11.8 Å². The number of carbonyl (C=O) groups is 2. The first-order valence-electron chi connectivity index (χ1n) is 8.35. The Morgan fingerprint density at radius 3 is 2.29 bits per heavy atom. The molecule has 3 aromatic rings. The molecule has 0 saturated carbocycles. The van der Waals surface area contributed by atoms with Crippen LogP contribution in [0.4, 0.5) is 0 Å². The zero-order valence-corrected chi connectivity index (χ0v) is 15.8. The Morgan fingerprint density at radius 1 is 0.929 bits per heavy atom. The van der Waals surface area contributed by atoms with Crippen molar-refractivity contribution in [2.75, 3.05) is 0 Å². The third-order valence-electron chi connectivity index (χ3n) is 3.75. The lowest BCUT2D eigenvalue weighted by Crippen LogP contribution is -2.00. The summed E-state index contributed by atoms with van der Waals surface area (Å²) in [6, 6.07) is 17.3. The summed E-state index contributed by atoms with van der Waals surface area (Å²) >= 11 is 0. The molecule has 1 N–H and O–H groups in total. The van der Waals surface area contributed by atoms with Gasteiger partial charge in [-0.2, -0.15) is 4.36 Å². The fourth-order valence-corrected chi connectivity index (χ4v) is 3.05. The molecular weight excluding hydrogens is 372 g/mol. The number of Topliss-reactive ketones (excluding diaryl/α,β-unsaturated/α-hetero) is 1. The monoisotopic (exact) mass is 388 g/mol. The number of hydrogen-bond acceptors (Lipinski definition) is 3. The molecule has 2 aromatic carbocycles. The van der Waals surface area contributed by atoms with Crippen LogP contribution in [0.5, 0.6) is 0 Å². The summed E-state index contributed by atoms with van der Waals surface area (Å²) in [5.41, 5.74) is 2.17. The van der Waals surface area contributed by atoms with Crippen LogP contribution in [0.3, 0.4) is 0 Å². The highest BCUT2D eigenvalue weighted by Gasteiger charge is 2.07. The van der Waals surface area contributed by atoms with Crippen LogP contribution >= 0.6 is 0 Å². The molecule has 0 bridgehead atoms. The van der Waals surface area contributed by atoms with Crippen LogP contribution in [-0.2, 0) is 11.0 Å². The minimum Gasteiger partial charge on any atom is -0.318 e. The van der Waals surface area contributed by atoms with Crippen molar-refractivity contribution < 1.29 is 14.1 Å². The van der Waals surface area contributed by atoms with Crippen molar-refractivity contribution in [3.63, 3.8) is 0 Å². The lowest BCUT2D eigenvalue weighted by Gasteiger charge is -2.00. The highest BCUT2D eigenvalue weighted by atomic mass is 32.2. The first-order chi connectivity index (χ1) is 13.5. The van der Waals surface area contributed by atoms with Gasteiger partial charge in [0, 0.05) is 34.0 Å². The lowest BCUT2D eigenvalue weighted by atomic mass is 10.1. The van der Waals surface area contributed by atoms with E-state index in [2.05, 4.69) is 21.2 Å². The zero-order valence-electron chi connectivity index (χ0n) is 15.0. The summed E-state index contributed by atoms with van der Waals surface area (Å²) in [5.74, 6) is 5.35. The molecule has 0 radical (unpaired) electrons. The fraction of sp³-hybridized carbons (Fsp3) is 0.0455. The van der Waals surface area contributed by atoms with Crippen LogP contribution in [0.15, 0.2) is 82.3 Å². The first kappa shape index (κ1) is 19.4. The molecule has 1 heterocycles. The summed E-state index contributed by atoms with van der Waals surface area (Å²) in [6.07, 6.45) is 2.94. The van der Waals surface area contributed by atoms with Crippen LogP contribution in [0, 0.1) is 11.8 Å².